The minimum absolute atomic E-state index is 0.00618. The van der Waals surface area contributed by atoms with Crippen LogP contribution in [0.2, 0.25) is 5.02 Å². The normalized spacial score (nSPS) is 14.5. The Morgan fingerprint density at radius 2 is 1.90 bits per heavy atom. The highest BCUT2D eigenvalue weighted by atomic mass is 35.5. The minimum Gasteiger partial charge on any atom is -0.495 e. The molecule has 1 saturated heterocycles. The Morgan fingerprint density at radius 1 is 1.14 bits per heavy atom. The molecule has 0 unspecified atom stereocenters. The lowest BCUT2D eigenvalue weighted by Gasteiger charge is -2.35. The molecule has 2 aromatic rings. The molecule has 1 aliphatic heterocycles. The summed E-state index contributed by atoms with van der Waals surface area (Å²) in [5.41, 5.74) is 3.14. The Kier molecular flexibility index (Phi) is 7.61. The number of ether oxygens (including phenoxy) is 1. The Balaban J connectivity index is 1.49. The average molecular weight is 417 g/mol. The molecular weight excluding hydrogens is 388 g/mol. The first-order chi connectivity index (χ1) is 14.1. The number of rotatable bonds is 8. The number of carbonyl (C=O) groups excluding carboxylic acids is 1. The molecule has 6 nitrogen and oxygen atoms in total. The summed E-state index contributed by atoms with van der Waals surface area (Å²) in [4.78, 5) is 17.1. The molecular formula is C22H29ClN4O2. The average Bonchev–Trinajstić information content (AvgIpc) is 2.73. The molecule has 7 heteroatoms. The molecule has 156 valence electrons. The maximum atomic E-state index is 12.3. The molecule has 1 amide bonds. The van der Waals surface area contributed by atoms with Gasteiger partial charge in [0.2, 0.25) is 5.91 Å². The number of nitrogens with zero attached hydrogens (tertiary/aromatic N) is 2. The topological polar surface area (TPSA) is 56.8 Å². The van der Waals surface area contributed by atoms with E-state index in [4.69, 9.17) is 16.3 Å². The summed E-state index contributed by atoms with van der Waals surface area (Å²) >= 11 is 6.04. The summed E-state index contributed by atoms with van der Waals surface area (Å²) in [7, 11) is 3.76. The van der Waals surface area contributed by atoms with Gasteiger partial charge in [-0.25, -0.2) is 0 Å². The van der Waals surface area contributed by atoms with Crippen molar-refractivity contribution in [3.8, 4) is 5.75 Å². The van der Waals surface area contributed by atoms with Crippen LogP contribution in [-0.4, -0.2) is 57.7 Å². The highest BCUT2D eigenvalue weighted by Crippen LogP contribution is 2.27. The predicted molar refractivity (Wildman–Crippen MR) is 119 cm³/mol. The van der Waals surface area contributed by atoms with Crippen LogP contribution in [0, 0.1) is 0 Å². The lowest BCUT2D eigenvalue weighted by Crippen LogP contribution is -2.45. The van der Waals surface area contributed by atoms with Crippen molar-refractivity contribution in [1.29, 1.82) is 0 Å². The van der Waals surface area contributed by atoms with Crippen molar-refractivity contribution in [3.05, 3.63) is 53.1 Å². The second kappa shape index (κ2) is 10.4. The van der Waals surface area contributed by atoms with Crippen LogP contribution in [0.3, 0.4) is 0 Å². The number of benzene rings is 2. The van der Waals surface area contributed by atoms with E-state index >= 15 is 0 Å². The standard InChI is InChI=1S/C22H29ClN4O2/c1-26-11-13-27(14-12-26)20-6-4-3-5-17(20)16-25-22(28)9-10-24-19-15-18(23)7-8-21(19)29-2/h3-8,15,24H,9-14,16H2,1-2H3,(H,25,28). The largest absolute Gasteiger partial charge is 0.495 e. The summed E-state index contributed by atoms with van der Waals surface area (Å²) in [6.07, 6.45) is 0.367. The van der Waals surface area contributed by atoms with Crippen molar-refractivity contribution in [2.45, 2.75) is 13.0 Å². The zero-order valence-electron chi connectivity index (χ0n) is 17.1. The van der Waals surface area contributed by atoms with Gasteiger partial charge >= 0.3 is 0 Å². The van der Waals surface area contributed by atoms with Crippen molar-refractivity contribution >= 4 is 28.9 Å². The van der Waals surface area contributed by atoms with E-state index in [-0.39, 0.29) is 5.91 Å². The molecule has 29 heavy (non-hydrogen) atoms. The van der Waals surface area contributed by atoms with E-state index in [1.54, 1.807) is 25.3 Å². The summed E-state index contributed by atoms with van der Waals surface area (Å²) in [5, 5.41) is 6.88. The van der Waals surface area contributed by atoms with Crippen molar-refractivity contribution in [2.24, 2.45) is 0 Å². The van der Waals surface area contributed by atoms with Crippen LogP contribution in [0.25, 0.3) is 0 Å². The molecule has 1 aliphatic rings. The van der Waals surface area contributed by atoms with Gasteiger partial charge in [-0.1, -0.05) is 29.8 Å². The maximum Gasteiger partial charge on any atom is 0.222 e. The van der Waals surface area contributed by atoms with E-state index in [1.165, 1.54) is 5.69 Å². The molecule has 2 aromatic carbocycles. The van der Waals surface area contributed by atoms with Crippen LogP contribution in [0.5, 0.6) is 5.75 Å². The first kappa shape index (κ1) is 21.3. The second-order valence-corrected chi connectivity index (χ2v) is 7.65. The fourth-order valence-corrected chi connectivity index (χ4v) is 3.60. The third-order valence-corrected chi connectivity index (χ3v) is 5.38. The summed E-state index contributed by atoms with van der Waals surface area (Å²) in [5.74, 6) is 0.711. The Hall–Kier alpha value is -2.44. The van der Waals surface area contributed by atoms with E-state index in [0.717, 1.165) is 37.4 Å². The van der Waals surface area contributed by atoms with Gasteiger partial charge in [-0.2, -0.15) is 0 Å². The van der Waals surface area contributed by atoms with Gasteiger partial charge in [-0.15, -0.1) is 0 Å². The van der Waals surface area contributed by atoms with Crippen LogP contribution in [0.1, 0.15) is 12.0 Å². The predicted octanol–water partition coefficient (Wildman–Crippen LogP) is 3.22. The smallest absolute Gasteiger partial charge is 0.222 e. The van der Waals surface area contributed by atoms with E-state index in [9.17, 15) is 4.79 Å². The van der Waals surface area contributed by atoms with Crippen LogP contribution < -0.4 is 20.3 Å². The molecule has 1 heterocycles. The number of amides is 1. The SMILES string of the molecule is COc1ccc(Cl)cc1NCCC(=O)NCc1ccccc1N1CCN(C)CC1. The fraction of sp³-hybridized carbons (Fsp3) is 0.409. The van der Waals surface area contributed by atoms with Gasteiger partial charge in [-0.3, -0.25) is 4.79 Å². The van der Waals surface area contributed by atoms with E-state index in [2.05, 4.69) is 45.7 Å². The number of nitrogens with one attached hydrogen (secondary N) is 2. The number of hydrogen-bond donors (Lipinski definition) is 2. The zero-order chi connectivity index (χ0) is 20.6. The van der Waals surface area contributed by atoms with Gasteiger partial charge in [0.25, 0.3) is 0 Å². The van der Waals surface area contributed by atoms with E-state index in [0.29, 0.717) is 30.3 Å². The van der Waals surface area contributed by atoms with Crippen LogP contribution in [0.15, 0.2) is 42.5 Å². The van der Waals surface area contributed by atoms with Gasteiger partial charge in [0.05, 0.1) is 12.8 Å². The van der Waals surface area contributed by atoms with E-state index in [1.807, 2.05) is 6.07 Å². The number of para-hydroxylation sites is 1. The summed E-state index contributed by atoms with van der Waals surface area (Å²) < 4.78 is 5.31. The zero-order valence-corrected chi connectivity index (χ0v) is 17.8. The first-order valence-corrected chi connectivity index (χ1v) is 10.3. The molecule has 0 radical (unpaired) electrons. The minimum atomic E-state index is 0.00618. The molecule has 0 aliphatic carbocycles. The van der Waals surface area contributed by atoms with Crippen molar-refractivity contribution < 1.29 is 9.53 Å². The number of methoxy groups -OCH3 is 1. The molecule has 0 spiro atoms. The summed E-state index contributed by atoms with van der Waals surface area (Å²) in [6.45, 7) is 5.16. The van der Waals surface area contributed by atoms with Crippen LogP contribution >= 0.6 is 11.6 Å². The van der Waals surface area contributed by atoms with Gasteiger partial charge in [-0.05, 0) is 36.9 Å². The van der Waals surface area contributed by atoms with Crippen molar-refractivity contribution in [1.82, 2.24) is 10.2 Å². The van der Waals surface area contributed by atoms with Crippen molar-refractivity contribution in [2.75, 3.05) is 57.1 Å². The number of piperazine rings is 1. The van der Waals surface area contributed by atoms with E-state index < -0.39 is 0 Å². The lowest BCUT2D eigenvalue weighted by atomic mass is 10.1. The number of halogens is 1. The number of carbonyl (C=O) groups is 1. The molecule has 0 saturated carbocycles. The first-order valence-electron chi connectivity index (χ1n) is 9.92. The molecule has 0 bridgehead atoms. The maximum absolute atomic E-state index is 12.3. The van der Waals surface area contributed by atoms with Gasteiger partial charge in [0, 0.05) is 56.4 Å². The molecule has 1 fully saturated rings. The van der Waals surface area contributed by atoms with Crippen LogP contribution in [-0.2, 0) is 11.3 Å². The van der Waals surface area contributed by atoms with Gasteiger partial charge < -0.3 is 25.2 Å². The van der Waals surface area contributed by atoms with Crippen molar-refractivity contribution in [3.63, 3.8) is 0 Å². The molecule has 0 atom stereocenters. The quantitative estimate of drug-likeness (QED) is 0.692. The molecule has 3 rings (SSSR count). The number of anilines is 2. The van der Waals surface area contributed by atoms with Crippen LogP contribution in [0.4, 0.5) is 11.4 Å². The highest BCUT2D eigenvalue weighted by Gasteiger charge is 2.17. The highest BCUT2D eigenvalue weighted by molar-refractivity contribution is 6.30. The third kappa shape index (κ3) is 6.02. The lowest BCUT2D eigenvalue weighted by molar-refractivity contribution is -0.121. The Labute approximate surface area is 177 Å². The summed E-state index contributed by atoms with van der Waals surface area (Å²) in [6, 6.07) is 13.7. The Bertz CT molecular complexity index is 822. The number of hydrogen-bond acceptors (Lipinski definition) is 5. The Morgan fingerprint density at radius 3 is 2.66 bits per heavy atom. The monoisotopic (exact) mass is 416 g/mol. The van der Waals surface area contributed by atoms with Gasteiger partial charge in [0.1, 0.15) is 5.75 Å². The van der Waals surface area contributed by atoms with Gasteiger partial charge in [0.15, 0.2) is 0 Å². The molecule has 0 aromatic heterocycles. The third-order valence-electron chi connectivity index (χ3n) is 5.14. The number of likely N-dealkylation sites (N-methyl/N-ethyl adjacent to an activating group) is 1. The second-order valence-electron chi connectivity index (χ2n) is 7.22. The fourth-order valence-electron chi connectivity index (χ4n) is 3.43. The molecule has 2 N–H and O–H groups in total.